The predicted octanol–water partition coefficient (Wildman–Crippen LogP) is 2.66. The smallest absolute Gasteiger partial charge is 0.335 e. The molecule has 0 spiro atoms. The zero-order valence-electron chi connectivity index (χ0n) is 11.3. The van der Waals surface area contributed by atoms with Crippen molar-refractivity contribution in [3.05, 3.63) is 34.9 Å². The third-order valence-corrected chi connectivity index (χ3v) is 3.63. The first-order valence-corrected chi connectivity index (χ1v) is 6.66. The average molecular weight is 261 g/mol. The van der Waals surface area contributed by atoms with Gasteiger partial charge in [-0.2, -0.15) is 0 Å². The SMILES string of the molecule is CCCC(C)C(=O)N1Cc2ccc(C(=O)O)cc2C1. The van der Waals surface area contributed by atoms with Gasteiger partial charge in [-0.25, -0.2) is 4.79 Å². The molecule has 1 aliphatic rings. The second kappa shape index (κ2) is 5.43. The number of rotatable bonds is 4. The second-order valence-corrected chi connectivity index (χ2v) is 5.17. The van der Waals surface area contributed by atoms with E-state index in [0.29, 0.717) is 13.1 Å². The summed E-state index contributed by atoms with van der Waals surface area (Å²) in [6.45, 7) is 5.16. The molecule has 1 atom stereocenters. The first-order chi connectivity index (χ1) is 9.02. The van der Waals surface area contributed by atoms with Crippen molar-refractivity contribution in [2.75, 3.05) is 0 Å². The summed E-state index contributed by atoms with van der Waals surface area (Å²) in [5, 5.41) is 8.97. The lowest BCUT2D eigenvalue weighted by Crippen LogP contribution is -2.30. The Morgan fingerprint density at radius 3 is 2.63 bits per heavy atom. The molecular formula is C15H19NO3. The molecule has 1 amide bonds. The van der Waals surface area contributed by atoms with Crippen LogP contribution < -0.4 is 0 Å². The molecule has 1 aliphatic heterocycles. The molecule has 1 heterocycles. The van der Waals surface area contributed by atoms with E-state index in [1.165, 1.54) is 0 Å². The number of amides is 1. The van der Waals surface area contributed by atoms with E-state index in [4.69, 9.17) is 5.11 Å². The van der Waals surface area contributed by atoms with E-state index in [-0.39, 0.29) is 17.4 Å². The van der Waals surface area contributed by atoms with E-state index in [0.717, 1.165) is 24.0 Å². The number of aromatic carboxylic acids is 1. The lowest BCUT2D eigenvalue weighted by molar-refractivity contribution is -0.135. The zero-order chi connectivity index (χ0) is 14.0. The second-order valence-electron chi connectivity index (χ2n) is 5.17. The molecule has 0 aromatic heterocycles. The van der Waals surface area contributed by atoms with Crippen LogP contribution in [0.2, 0.25) is 0 Å². The third-order valence-electron chi connectivity index (χ3n) is 3.63. The number of carbonyl (C=O) groups is 2. The highest BCUT2D eigenvalue weighted by Crippen LogP contribution is 2.26. The van der Waals surface area contributed by atoms with Crippen molar-refractivity contribution in [3.63, 3.8) is 0 Å². The predicted molar refractivity (Wildman–Crippen MR) is 71.7 cm³/mol. The summed E-state index contributed by atoms with van der Waals surface area (Å²) >= 11 is 0. The molecule has 0 saturated carbocycles. The molecule has 0 aliphatic carbocycles. The minimum absolute atomic E-state index is 0.0401. The highest BCUT2D eigenvalue weighted by atomic mass is 16.4. The summed E-state index contributed by atoms with van der Waals surface area (Å²) in [6.07, 6.45) is 1.89. The van der Waals surface area contributed by atoms with Crippen LogP contribution in [0.15, 0.2) is 18.2 Å². The highest BCUT2D eigenvalue weighted by molar-refractivity contribution is 5.88. The van der Waals surface area contributed by atoms with Crippen LogP contribution >= 0.6 is 0 Å². The van der Waals surface area contributed by atoms with Crippen molar-refractivity contribution >= 4 is 11.9 Å². The fourth-order valence-corrected chi connectivity index (χ4v) is 2.55. The maximum Gasteiger partial charge on any atom is 0.335 e. The van der Waals surface area contributed by atoms with E-state index < -0.39 is 5.97 Å². The molecule has 0 bridgehead atoms. The summed E-state index contributed by atoms with van der Waals surface area (Å²) in [4.78, 5) is 25.0. The lowest BCUT2D eigenvalue weighted by Gasteiger charge is -2.19. The number of carboxylic acids is 1. The molecule has 19 heavy (non-hydrogen) atoms. The Bertz CT molecular complexity index is 510. The minimum Gasteiger partial charge on any atom is -0.478 e. The van der Waals surface area contributed by atoms with E-state index in [2.05, 4.69) is 6.92 Å². The monoisotopic (exact) mass is 261 g/mol. The number of hydrogen-bond donors (Lipinski definition) is 1. The van der Waals surface area contributed by atoms with Gasteiger partial charge in [-0.3, -0.25) is 4.79 Å². The maximum atomic E-state index is 12.2. The summed E-state index contributed by atoms with van der Waals surface area (Å²) < 4.78 is 0. The number of carbonyl (C=O) groups excluding carboxylic acids is 1. The van der Waals surface area contributed by atoms with Gasteiger partial charge in [-0.15, -0.1) is 0 Å². The summed E-state index contributed by atoms with van der Waals surface area (Å²) in [5.74, 6) is -0.722. The number of nitrogens with zero attached hydrogens (tertiary/aromatic N) is 1. The van der Waals surface area contributed by atoms with Gasteiger partial charge < -0.3 is 10.0 Å². The molecule has 0 saturated heterocycles. The van der Waals surface area contributed by atoms with Gasteiger partial charge in [0.1, 0.15) is 0 Å². The summed E-state index contributed by atoms with van der Waals surface area (Å²) in [7, 11) is 0. The van der Waals surface area contributed by atoms with Crippen molar-refractivity contribution in [1.29, 1.82) is 0 Å². The molecule has 1 aromatic rings. The van der Waals surface area contributed by atoms with Crippen LogP contribution in [0.4, 0.5) is 0 Å². The summed E-state index contributed by atoms with van der Waals surface area (Å²) in [5.41, 5.74) is 2.30. The third kappa shape index (κ3) is 2.78. The Kier molecular flexibility index (Phi) is 3.88. The fraction of sp³-hybridized carbons (Fsp3) is 0.467. The molecule has 102 valence electrons. The Morgan fingerprint density at radius 1 is 1.32 bits per heavy atom. The van der Waals surface area contributed by atoms with E-state index >= 15 is 0 Å². The molecule has 4 nitrogen and oxygen atoms in total. The number of carboxylic acid groups (broad SMARTS) is 1. The van der Waals surface area contributed by atoms with Crippen LogP contribution in [0, 0.1) is 5.92 Å². The van der Waals surface area contributed by atoms with Crippen LogP contribution in [0.1, 0.15) is 48.2 Å². The topological polar surface area (TPSA) is 57.6 Å². The van der Waals surface area contributed by atoms with Crippen LogP contribution in [0.25, 0.3) is 0 Å². The first-order valence-electron chi connectivity index (χ1n) is 6.66. The van der Waals surface area contributed by atoms with Crippen molar-refractivity contribution in [1.82, 2.24) is 4.90 Å². The molecule has 0 fully saturated rings. The van der Waals surface area contributed by atoms with Gasteiger partial charge in [0.05, 0.1) is 5.56 Å². The molecule has 1 N–H and O–H groups in total. The lowest BCUT2D eigenvalue weighted by atomic mass is 10.1. The molecule has 1 aromatic carbocycles. The number of benzene rings is 1. The fourth-order valence-electron chi connectivity index (χ4n) is 2.55. The Hall–Kier alpha value is -1.84. The molecular weight excluding hydrogens is 242 g/mol. The Labute approximate surface area is 113 Å². The van der Waals surface area contributed by atoms with Crippen molar-refractivity contribution in [2.45, 2.75) is 39.8 Å². The van der Waals surface area contributed by atoms with E-state index in [1.54, 1.807) is 12.1 Å². The Morgan fingerprint density at radius 2 is 2.00 bits per heavy atom. The van der Waals surface area contributed by atoms with Gasteiger partial charge in [-0.05, 0) is 29.7 Å². The van der Waals surface area contributed by atoms with Gasteiger partial charge in [0, 0.05) is 19.0 Å². The van der Waals surface area contributed by atoms with Crippen LogP contribution in [0.5, 0.6) is 0 Å². The van der Waals surface area contributed by atoms with E-state index in [1.807, 2.05) is 17.9 Å². The van der Waals surface area contributed by atoms with Gasteiger partial charge in [0.2, 0.25) is 5.91 Å². The van der Waals surface area contributed by atoms with Crippen molar-refractivity contribution in [2.24, 2.45) is 5.92 Å². The van der Waals surface area contributed by atoms with Crippen LogP contribution in [-0.2, 0) is 17.9 Å². The molecule has 4 heteroatoms. The van der Waals surface area contributed by atoms with Gasteiger partial charge in [0.25, 0.3) is 0 Å². The van der Waals surface area contributed by atoms with Gasteiger partial charge in [-0.1, -0.05) is 26.3 Å². The summed E-state index contributed by atoms with van der Waals surface area (Å²) in [6, 6.07) is 5.09. The van der Waals surface area contributed by atoms with Crippen molar-refractivity contribution in [3.8, 4) is 0 Å². The van der Waals surface area contributed by atoms with Crippen molar-refractivity contribution < 1.29 is 14.7 Å². The van der Waals surface area contributed by atoms with Gasteiger partial charge >= 0.3 is 5.97 Å². The van der Waals surface area contributed by atoms with Crippen LogP contribution in [-0.4, -0.2) is 21.9 Å². The first kappa shape index (κ1) is 13.6. The quantitative estimate of drug-likeness (QED) is 0.906. The largest absolute Gasteiger partial charge is 0.478 e. The molecule has 1 unspecified atom stereocenters. The normalized spacial score (nSPS) is 15.2. The average Bonchev–Trinajstić information content (AvgIpc) is 2.80. The molecule has 2 rings (SSSR count). The highest BCUT2D eigenvalue weighted by Gasteiger charge is 2.26. The molecule has 0 radical (unpaired) electrons. The van der Waals surface area contributed by atoms with E-state index in [9.17, 15) is 9.59 Å². The zero-order valence-corrected chi connectivity index (χ0v) is 11.3. The maximum absolute atomic E-state index is 12.2. The van der Waals surface area contributed by atoms with Crippen LogP contribution in [0.3, 0.4) is 0 Å². The standard InChI is InChI=1S/C15H19NO3/c1-3-4-10(2)14(17)16-8-12-6-5-11(15(18)19)7-13(12)9-16/h5-7,10H,3-4,8-9H2,1-2H3,(H,18,19). The number of fused-ring (bicyclic) bond motifs is 1. The van der Waals surface area contributed by atoms with Gasteiger partial charge in [0.15, 0.2) is 0 Å². The Balaban J connectivity index is 2.12. The number of hydrogen-bond acceptors (Lipinski definition) is 2. The minimum atomic E-state index is -0.924.